The van der Waals surface area contributed by atoms with Crippen LogP contribution in [0.5, 0.6) is 0 Å². The number of likely N-dealkylation sites (N-methyl/N-ethyl adjacent to an activating group) is 1. The number of nitrogens with one attached hydrogen (secondary N) is 1. The molecule has 2 heteroatoms. The Bertz CT molecular complexity index is 471. The number of fused-ring (bicyclic) bond motifs is 1. The highest BCUT2D eigenvalue weighted by molar-refractivity contribution is 5.84. The van der Waals surface area contributed by atoms with Crippen molar-refractivity contribution in [1.29, 1.82) is 0 Å². The van der Waals surface area contributed by atoms with Crippen LogP contribution < -0.4 is 5.32 Å². The minimum atomic E-state index is 0.524. The predicted octanol–water partition coefficient (Wildman–Crippen LogP) is 2.81. The zero-order chi connectivity index (χ0) is 11.5. The molecule has 0 fully saturated rings. The van der Waals surface area contributed by atoms with Gasteiger partial charge in [0.15, 0.2) is 0 Å². The monoisotopic (exact) mass is 216 g/mol. The van der Waals surface area contributed by atoms with Crippen LogP contribution in [0.3, 0.4) is 0 Å². The van der Waals surface area contributed by atoms with Gasteiger partial charge in [0.2, 0.25) is 0 Å². The first kappa shape index (κ1) is 11.2. The third kappa shape index (κ3) is 1.98. The molecule has 1 N–H and O–H groups in total. The first-order valence-corrected chi connectivity index (χ1v) is 6.00. The number of hydrogen-bond donors (Lipinski definition) is 1. The van der Waals surface area contributed by atoms with Gasteiger partial charge in [-0.2, -0.15) is 0 Å². The molecule has 0 aliphatic rings. The van der Waals surface area contributed by atoms with Crippen LogP contribution in [0.15, 0.2) is 30.5 Å². The fraction of sp³-hybridized carbons (Fsp3) is 0.429. The van der Waals surface area contributed by atoms with Gasteiger partial charge in [0, 0.05) is 29.7 Å². The Morgan fingerprint density at radius 3 is 2.75 bits per heavy atom. The Kier molecular flexibility index (Phi) is 3.30. The largest absolute Gasteiger partial charge is 0.347 e. The van der Waals surface area contributed by atoms with E-state index in [2.05, 4.69) is 54.2 Å². The van der Waals surface area contributed by atoms with Crippen molar-refractivity contribution in [2.24, 2.45) is 0 Å². The molecule has 1 aromatic carbocycles. The van der Waals surface area contributed by atoms with Crippen LogP contribution >= 0.6 is 0 Å². The normalized spacial score (nSPS) is 13.2. The van der Waals surface area contributed by atoms with E-state index in [0.29, 0.717) is 6.04 Å². The second kappa shape index (κ2) is 4.71. The molecule has 0 aliphatic heterocycles. The Hall–Kier alpha value is -1.28. The van der Waals surface area contributed by atoms with Crippen LogP contribution in [0.1, 0.15) is 19.4 Å². The molecule has 0 saturated carbocycles. The SMILES string of the molecule is CCn1cc(CC(C)NC)c2ccccc21. The van der Waals surface area contributed by atoms with E-state index in [4.69, 9.17) is 0 Å². The van der Waals surface area contributed by atoms with Crippen LogP contribution in [0.4, 0.5) is 0 Å². The Morgan fingerprint density at radius 2 is 2.06 bits per heavy atom. The van der Waals surface area contributed by atoms with Crippen molar-refractivity contribution in [3.05, 3.63) is 36.0 Å². The van der Waals surface area contributed by atoms with Crippen LogP contribution in [0.25, 0.3) is 10.9 Å². The maximum Gasteiger partial charge on any atom is 0.0483 e. The molecule has 0 bridgehead atoms. The zero-order valence-electron chi connectivity index (χ0n) is 10.3. The number of aromatic nitrogens is 1. The van der Waals surface area contributed by atoms with E-state index in [0.717, 1.165) is 13.0 Å². The van der Waals surface area contributed by atoms with Gasteiger partial charge in [0.05, 0.1) is 0 Å². The predicted molar refractivity (Wildman–Crippen MR) is 69.8 cm³/mol. The fourth-order valence-electron chi connectivity index (χ4n) is 2.18. The third-order valence-corrected chi connectivity index (χ3v) is 3.23. The highest BCUT2D eigenvalue weighted by Crippen LogP contribution is 2.22. The van der Waals surface area contributed by atoms with Crippen molar-refractivity contribution < 1.29 is 0 Å². The quantitative estimate of drug-likeness (QED) is 0.831. The van der Waals surface area contributed by atoms with Gasteiger partial charge >= 0.3 is 0 Å². The molecule has 16 heavy (non-hydrogen) atoms. The summed E-state index contributed by atoms with van der Waals surface area (Å²) >= 11 is 0. The molecule has 0 amide bonds. The minimum absolute atomic E-state index is 0.524. The van der Waals surface area contributed by atoms with Gasteiger partial charge in [-0.3, -0.25) is 0 Å². The van der Waals surface area contributed by atoms with Crippen molar-refractivity contribution in [3.8, 4) is 0 Å². The summed E-state index contributed by atoms with van der Waals surface area (Å²) in [5.74, 6) is 0. The summed E-state index contributed by atoms with van der Waals surface area (Å²) in [5.41, 5.74) is 2.79. The summed E-state index contributed by atoms with van der Waals surface area (Å²) < 4.78 is 2.33. The van der Waals surface area contributed by atoms with Crippen molar-refractivity contribution in [2.75, 3.05) is 7.05 Å². The van der Waals surface area contributed by atoms with Crippen molar-refractivity contribution in [2.45, 2.75) is 32.9 Å². The molecule has 1 heterocycles. The third-order valence-electron chi connectivity index (χ3n) is 3.23. The molecule has 1 atom stereocenters. The Balaban J connectivity index is 2.45. The molecule has 1 unspecified atom stereocenters. The lowest BCUT2D eigenvalue weighted by Crippen LogP contribution is -2.23. The number of nitrogens with zero attached hydrogens (tertiary/aromatic N) is 1. The molecule has 0 saturated heterocycles. The first-order valence-electron chi connectivity index (χ1n) is 6.00. The van der Waals surface area contributed by atoms with Gasteiger partial charge in [-0.15, -0.1) is 0 Å². The highest BCUT2D eigenvalue weighted by atomic mass is 14.9. The van der Waals surface area contributed by atoms with Gasteiger partial charge in [0.1, 0.15) is 0 Å². The number of benzene rings is 1. The molecule has 2 rings (SSSR count). The summed E-state index contributed by atoms with van der Waals surface area (Å²) in [6, 6.07) is 9.18. The van der Waals surface area contributed by atoms with E-state index >= 15 is 0 Å². The van der Waals surface area contributed by atoms with Crippen LogP contribution in [0.2, 0.25) is 0 Å². The Labute approximate surface area is 97.3 Å². The lowest BCUT2D eigenvalue weighted by Gasteiger charge is -2.08. The maximum atomic E-state index is 3.30. The van der Waals surface area contributed by atoms with Gasteiger partial charge in [-0.05, 0) is 38.9 Å². The highest BCUT2D eigenvalue weighted by Gasteiger charge is 2.09. The van der Waals surface area contributed by atoms with E-state index in [1.54, 1.807) is 0 Å². The number of hydrogen-bond acceptors (Lipinski definition) is 1. The molecular weight excluding hydrogens is 196 g/mol. The van der Waals surface area contributed by atoms with Crippen LogP contribution in [-0.2, 0) is 13.0 Å². The lowest BCUT2D eigenvalue weighted by molar-refractivity contribution is 0.609. The molecule has 0 radical (unpaired) electrons. The smallest absolute Gasteiger partial charge is 0.0483 e. The minimum Gasteiger partial charge on any atom is -0.347 e. The molecule has 1 aromatic heterocycles. The van der Waals surface area contributed by atoms with E-state index < -0.39 is 0 Å². The summed E-state index contributed by atoms with van der Waals surface area (Å²) in [6.07, 6.45) is 3.38. The molecule has 0 aliphatic carbocycles. The van der Waals surface area contributed by atoms with Crippen LogP contribution in [0, 0.1) is 0 Å². The summed E-state index contributed by atoms with van der Waals surface area (Å²) in [5, 5.41) is 4.69. The first-order chi connectivity index (χ1) is 7.76. The van der Waals surface area contributed by atoms with E-state index in [1.165, 1.54) is 16.5 Å². The molecular formula is C14H20N2. The number of para-hydroxylation sites is 1. The van der Waals surface area contributed by atoms with Crippen LogP contribution in [-0.4, -0.2) is 17.7 Å². The summed E-state index contributed by atoms with van der Waals surface area (Å²) in [4.78, 5) is 0. The van der Waals surface area contributed by atoms with Crippen molar-refractivity contribution in [3.63, 3.8) is 0 Å². The second-order valence-electron chi connectivity index (χ2n) is 4.35. The van der Waals surface area contributed by atoms with E-state index in [-0.39, 0.29) is 0 Å². The topological polar surface area (TPSA) is 17.0 Å². The average Bonchev–Trinajstić information content (AvgIpc) is 2.68. The Morgan fingerprint density at radius 1 is 1.31 bits per heavy atom. The standard InChI is InChI=1S/C14H20N2/c1-4-16-10-12(9-11(2)15-3)13-7-5-6-8-14(13)16/h5-8,10-11,15H,4,9H2,1-3H3. The number of rotatable bonds is 4. The summed E-state index contributed by atoms with van der Waals surface area (Å²) in [7, 11) is 2.02. The zero-order valence-corrected chi connectivity index (χ0v) is 10.3. The van der Waals surface area contributed by atoms with Gasteiger partial charge in [-0.1, -0.05) is 18.2 Å². The van der Waals surface area contributed by atoms with Gasteiger partial charge in [-0.25, -0.2) is 0 Å². The molecule has 2 aromatic rings. The van der Waals surface area contributed by atoms with Crippen molar-refractivity contribution >= 4 is 10.9 Å². The molecule has 2 nitrogen and oxygen atoms in total. The van der Waals surface area contributed by atoms with E-state index in [9.17, 15) is 0 Å². The summed E-state index contributed by atoms with van der Waals surface area (Å²) in [6.45, 7) is 5.45. The lowest BCUT2D eigenvalue weighted by atomic mass is 10.1. The van der Waals surface area contributed by atoms with E-state index in [1.807, 2.05) is 7.05 Å². The number of aryl methyl sites for hydroxylation is 1. The van der Waals surface area contributed by atoms with Crippen molar-refractivity contribution in [1.82, 2.24) is 9.88 Å². The fourth-order valence-corrected chi connectivity index (χ4v) is 2.18. The van der Waals surface area contributed by atoms with Gasteiger partial charge in [0.25, 0.3) is 0 Å². The average molecular weight is 216 g/mol. The molecule has 86 valence electrons. The maximum absolute atomic E-state index is 3.30. The molecule has 0 spiro atoms. The van der Waals surface area contributed by atoms with Gasteiger partial charge < -0.3 is 9.88 Å². The second-order valence-corrected chi connectivity index (χ2v) is 4.35.